The van der Waals surface area contributed by atoms with Crippen LogP contribution in [0.15, 0.2) is 24.3 Å². The molecule has 1 atom stereocenters. The summed E-state index contributed by atoms with van der Waals surface area (Å²) >= 11 is 0. The largest absolute Gasteiger partial charge is 0.389 e. The lowest BCUT2D eigenvalue weighted by Gasteiger charge is -2.16. The molecular formula is C15H20N2O2. The minimum Gasteiger partial charge on any atom is -0.389 e. The fraction of sp³-hybridized carbons (Fsp3) is 0.533. The van der Waals surface area contributed by atoms with Gasteiger partial charge in [0, 0.05) is 12.2 Å². The average molecular weight is 260 g/mol. The summed E-state index contributed by atoms with van der Waals surface area (Å²) in [5.41, 5.74) is 1.46. The minimum atomic E-state index is -0.522. The van der Waals surface area contributed by atoms with E-state index >= 15 is 0 Å². The van der Waals surface area contributed by atoms with Gasteiger partial charge in [-0.25, -0.2) is 0 Å². The first kappa shape index (κ1) is 13.9. The fourth-order valence-corrected chi connectivity index (χ4v) is 2.30. The maximum Gasteiger partial charge on any atom is 0.0992 e. The van der Waals surface area contributed by atoms with E-state index in [2.05, 4.69) is 11.4 Å². The number of benzene rings is 1. The fourth-order valence-electron chi connectivity index (χ4n) is 2.30. The van der Waals surface area contributed by atoms with E-state index < -0.39 is 6.10 Å². The van der Waals surface area contributed by atoms with Gasteiger partial charge < -0.3 is 15.2 Å². The molecule has 0 bridgehead atoms. The van der Waals surface area contributed by atoms with Gasteiger partial charge in [0.1, 0.15) is 0 Å². The number of nitriles is 1. The zero-order valence-electron chi connectivity index (χ0n) is 11.0. The molecule has 102 valence electrons. The van der Waals surface area contributed by atoms with E-state index in [0.717, 1.165) is 18.5 Å². The first-order valence-corrected chi connectivity index (χ1v) is 6.81. The Balaban J connectivity index is 1.70. The number of aliphatic hydroxyl groups is 1. The maximum atomic E-state index is 9.84. The van der Waals surface area contributed by atoms with Crippen LogP contribution in [-0.4, -0.2) is 30.5 Å². The minimum absolute atomic E-state index is 0.330. The Hall–Kier alpha value is -1.57. The lowest BCUT2D eigenvalue weighted by Crippen LogP contribution is -2.27. The molecule has 1 aliphatic rings. The predicted octanol–water partition coefficient (Wildman–Crippen LogP) is 2.29. The van der Waals surface area contributed by atoms with E-state index in [9.17, 15) is 5.11 Å². The molecule has 0 saturated heterocycles. The molecule has 2 rings (SSSR count). The summed E-state index contributed by atoms with van der Waals surface area (Å²) in [4.78, 5) is 0. The molecule has 4 nitrogen and oxygen atoms in total. The molecule has 1 unspecified atom stereocenters. The third kappa shape index (κ3) is 4.55. The van der Waals surface area contributed by atoms with Crippen molar-refractivity contribution in [2.45, 2.75) is 37.9 Å². The van der Waals surface area contributed by atoms with Crippen LogP contribution in [0.25, 0.3) is 0 Å². The van der Waals surface area contributed by atoms with Crippen molar-refractivity contribution in [3.8, 4) is 6.07 Å². The van der Waals surface area contributed by atoms with Crippen molar-refractivity contribution in [2.24, 2.45) is 0 Å². The van der Waals surface area contributed by atoms with E-state index in [1.807, 2.05) is 12.1 Å². The summed E-state index contributed by atoms with van der Waals surface area (Å²) in [6, 6.07) is 9.32. The van der Waals surface area contributed by atoms with Crippen LogP contribution in [0.5, 0.6) is 0 Å². The van der Waals surface area contributed by atoms with Crippen molar-refractivity contribution in [1.82, 2.24) is 0 Å². The van der Waals surface area contributed by atoms with Gasteiger partial charge in [0.25, 0.3) is 0 Å². The Morgan fingerprint density at radius 3 is 2.95 bits per heavy atom. The Morgan fingerprint density at radius 2 is 2.21 bits per heavy atom. The molecule has 19 heavy (non-hydrogen) atoms. The molecular weight excluding hydrogens is 240 g/mol. The molecule has 1 saturated carbocycles. The van der Waals surface area contributed by atoms with Crippen LogP contribution in [0.4, 0.5) is 5.69 Å². The number of rotatable bonds is 6. The Labute approximate surface area is 114 Å². The van der Waals surface area contributed by atoms with Crippen LogP contribution in [0.1, 0.15) is 31.2 Å². The van der Waals surface area contributed by atoms with Crippen molar-refractivity contribution in [2.75, 3.05) is 18.5 Å². The van der Waals surface area contributed by atoms with E-state index in [4.69, 9.17) is 10.00 Å². The number of hydrogen-bond donors (Lipinski definition) is 2. The number of anilines is 1. The average Bonchev–Trinajstić information content (AvgIpc) is 2.96. The molecule has 4 heteroatoms. The van der Waals surface area contributed by atoms with Crippen molar-refractivity contribution < 1.29 is 9.84 Å². The predicted molar refractivity (Wildman–Crippen MR) is 73.9 cm³/mol. The highest BCUT2D eigenvalue weighted by Crippen LogP contribution is 2.20. The molecule has 0 radical (unpaired) electrons. The van der Waals surface area contributed by atoms with Gasteiger partial charge in [-0.1, -0.05) is 18.9 Å². The zero-order valence-corrected chi connectivity index (χ0v) is 11.0. The molecule has 1 aromatic rings. The second-order valence-electron chi connectivity index (χ2n) is 4.97. The van der Waals surface area contributed by atoms with E-state index in [-0.39, 0.29) is 0 Å². The third-order valence-corrected chi connectivity index (χ3v) is 3.36. The molecule has 0 spiro atoms. The van der Waals surface area contributed by atoms with Crippen molar-refractivity contribution >= 4 is 5.69 Å². The van der Waals surface area contributed by atoms with Gasteiger partial charge >= 0.3 is 0 Å². The van der Waals surface area contributed by atoms with Gasteiger partial charge in [0.05, 0.1) is 30.4 Å². The van der Waals surface area contributed by atoms with Crippen LogP contribution in [0, 0.1) is 11.3 Å². The number of aliphatic hydroxyl groups excluding tert-OH is 1. The summed E-state index contributed by atoms with van der Waals surface area (Å²) in [6.07, 6.45) is 4.51. The zero-order chi connectivity index (χ0) is 13.5. The van der Waals surface area contributed by atoms with Crippen molar-refractivity contribution in [1.29, 1.82) is 5.26 Å². The van der Waals surface area contributed by atoms with Crippen LogP contribution in [0.3, 0.4) is 0 Å². The number of nitrogens with zero attached hydrogens (tertiary/aromatic N) is 1. The van der Waals surface area contributed by atoms with Crippen LogP contribution in [0.2, 0.25) is 0 Å². The van der Waals surface area contributed by atoms with Crippen LogP contribution >= 0.6 is 0 Å². The number of nitrogens with one attached hydrogen (secondary N) is 1. The molecule has 1 aliphatic carbocycles. The van der Waals surface area contributed by atoms with Gasteiger partial charge in [0.2, 0.25) is 0 Å². The van der Waals surface area contributed by atoms with Crippen LogP contribution in [-0.2, 0) is 4.74 Å². The third-order valence-electron chi connectivity index (χ3n) is 3.36. The van der Waals surface area contributed by atoms with Crippen molar-refractivity contribution in [3.63, 3.8) is 0 Å². The highest BCUT2D eigenvalue weighted by Gasteiger charge is 2.16. The first-order valence-electron chi connectivity index (χ1n) is 6.81. The summed E-state index contributed by atoms with van der Waals surface area (Å²) < 4.78 is 5.66. The second kappa shape index (κ2) is 7.13. The lowest BCUT2D eigenvalue weighted by atomic mass is 10.2. The number of hydrogen-bond acceptors (Lipinski definition) is 4. The van der Waals surface area contributed by atoms with Gasteiger partial charge in [-0.3, -0.25) is 0 Å². The molecule has 0 aromatic heterocycles. The molecule has 0 aliphatic heterocycles. The first-order chi connectivity index (χ1) is 9.28. The van der Waals surface area contributed by atoms with Gasteiger partial charge in [-0.2, -0.15) is 5.26 Å². The van der Waals surface area contributed by atoms with E-state index in [0.29, 0.717) is 24.8 Å². The van der Waals surface area contributed by atoms with Gasteiger partial charge in [0.15, 0.2) is 0 Å². The Kier molecular flexibility index (Phi) is 5.20. The molecule has 0 heterocycles. The molecule has 1 aromatic carbocycles. The second-order valence-corrected chi connectivity index (χ2v) is 4.97. The van der Waals surface area contributed by atoms with Crippen LogP contribution < -0.4 is 5.32 Å². The standard InChI is InChI=1S/C15H20N2O2/c16-9-12-4-3-5-13(8-12)17-10-14(18)11-19-15-6-1-2-7-15/h3-5,8,14-15,17-18H,1-2,6-7,10-11H2. The lowest BCUT2D eigenvalue weighted by molar-refractivity contribution is -0.00117. The van der Waals surface area contributed by atoms with E-state index in [1.165, 1.54) is 12.8 Å². The summed E-state index contributed by atoms with van der Waals surface area (Å²) in [5, 5.41) is 21.8. The van der Waals surface area contributed by atoms with Crippen molar-refractivity contribution in [3.05, 3.63) is 29.8 Å². The summed E-state index contributed by atoms with van der Waals surface area (Å²) in [6.45, 7) is 0.803. The smallest absolute Gasteiger partial charge is 0.0992 e. The van der Waals surface area contributed by atoms with Gasteiger partial charge in [-0.05, 0) is 31.0 Å². The van der Waals surface area contributed by atoms with E-state index in [1.54, 1.807) is 12.1 Å². The maximum absolute atomic E-state index is 9.84. The van der Waals surface area contributed by atoms with Gasteiger partial charge in [-0.15, -0.1) is 0 Å². The number of ether oxygens (including phenoxy) is 1. The SMILES string of the molecule is N#Cc1cccc(NCC(O)COC2CCCC2)c1. The highest BCUT2D eigenvalue weighted by atomic mass is 16.5. The quantitative estimate of drug-likeness (QED) is 0.823. The Morgan fingerprint density at radius 1 is 1.42 bits per heavy atom. The Bertz CT molecular complexity index is 436. The molecule has 0 amide bonds. The summed E-state index contributed by atoms with van der Waals surface area (Å²) in [5.74, 6) is 0. The monoisotopic (exact) mass is 260 g/mol. The normalized spacial score (nSPS) is 17.1. The highest BCUT2D eigenvalue weighted by molar-refractivity contribution is 5.49. The molecule has 1 fully saturated rings. The topological polar surface area (TPSA) is 65.3 Å². The molecule has 2 N–H and O–H groups in total. The summed E-state index contributed by atoms with van der Waals surface area (Å²) in [7, 11) is 0.